The number of sulfonamides is 1. The molecule has 0 bridgehead atoms. The summed E-state index contributed by atoms with van der Waals surface area (Å²) in [6.45, 7) is 1.86. The summed E-state index contributed by atoms with van der Waals surface area (Å²) in [5.41, 5.74) is 0.896. The van der Waals surface area contributed by atoms with Crippen molar-refractivity contribution >= 4 is 39.1 Å². The average molecular weight is 401 g/mol. The highest BCUT2D eigenvalue weighted by Crippen LogP contribution is 2.15. The van der Waals surface area contributed by atoms with Gasteiger partial charge >= 0.3 is 0 Å². The Bertz CT molecular complexity index is 837. The molecule has 5 nitrogen and oxygen atoms in total. The second-order valence-electron chi connectivity index (χ2n) is 5.62. The Morgan fingerprint density at radius 2 is 1.52 bits per heavy atom. The summed E-state index contributed by atoms with van der Waals surface area (Å²) in [4.78, 5) is 13.9. The number of benzene rings is 2. The van der Waals surface area contributed by atoms with Gasteiger partial charge in [-0.1, -0.05) is 35.3 Å². The van der Waals surface area contributed by atoms with Crippen molar-refractivity contribution in [1.29, 1.82) is 0 Å². The third-order valence-corrected chi connectivity index (χ3v) is 5.60. The zero-order chi connectivity index (χ0) is 18.6. The maximum Gasteiger partial charge on any atom is 0.241 e. The van der Waals surface area contributed by atoms with Gasteiger partial charge in [0.2, 0.25) is 15.9 Å². The highest BCUT2D eigenvalue weighted by Gasteiger charge is 2.24. The summed E-state index contributed by atoms with van der Waals surface area (Å²) >= 11 is 11.6. The SMILES string of the molecule is CC(NS(=O)(=O)c1ccc(Cl)cc1)C(=O)N(C)Cc1ccc(Cl)cc1. The first-order valence-corrected chi connectivity index (χ1v) is 9.70. The Morgan fingerprint density at radius 3 is 2.04 bits per heavy atom. The van der Waals surface area contributed by atoms with Gasteiger partial charge in [0.25, 0.3) is 0 Å². The number of carbonyl (C=O) groups excluding carboxylic acids is 1. The minimum atomic E-state index is -3.81. The van der Waals surface area contributed by atoms with Crippen LogP contribution in [0.3, 0.4) is 0 Å². The lowest BCUT2D eigenvalue weighted by molar-refractivity contribution is -0.131. The molecular formula is C17H18Cl2N2O3S. The van der Waals surface area contributed by atoms with E-state index in [1.807, 2.05) is 12.1 Å². The molecule has 1 amide bonds. The highest BCUT2D eigenvalue weighted by molar-refractivity contribution is 7.89. The Morgan fingerprint density at radius 1 is 1.04 bits per heavy atom. The molecule has 0 aromatic heterocycles. The summed E-state index contributed by atoms with van der Waals surface area (Å²) in [7, 11) is -2.19. The van der Waals surface area contributed by atoms with E-state index in [0.29, 0.717) is 16.6 Å². The Kier molecular flexibility index (Phi) is 6.46. The van der Waals surface area contributed by atoms with E-state index in [-0.39, 0.29) is 10.8 Å². The molecule has 0 fully saturated rings. The lowest BCUT2D eigenvalue weighted by Gasteiger charge is -2.22. The van der Waals surface area contributed by atoms with Crippen molar-refractivity contribution in [2.45, 2.75) is 24.4 Å². The van der Waals surface area contributed by atoms with Gasteiger partial charge in [0.15, 0.2) is 0 Å². The number of hydrogen-bond acceptors (Lipinski definition) is 3. The topological polar surface area (TPSA) is 66.5 Å². The normalized spacial score (nSPS) is 12.6. The number of carbonyl (C=O) groups is 1. The van der Waals surface area contributed by atoms with Crippen molar-refractivity contribution < 1.29 is 13.2 Å². The largest absolute Gasteiger partial charge is 0.340 e. The highest BCUT2D eigenvalue weighted by atomic mass is 35.5. The van der Waals surface area contributed by atoms with Crippen LogP contribution in [0.5, 0.6) is 0 Å². The van der Waals surface area contributed by atoms with Crippen molar-refractivity contribution in [1.82, 2.24) is 9.62 Å². The lowest BCUT2D eigenvalue weighted by atomic mass is 10.2. The molecule has 1 N–H and O–H groups in total. The van der Waals surface area contributed by atoms with Crippen molar-refractivity contribution in [3.8, 4) is 0 Å². The van der Waals surface area contributed by atoms with Gasteiger partial charge in [-0.05, 0) is 48.9 Å². The van der Waals surface area contributed by atoms with Gasteiger partial charge in [-0.2, -0.15) is 4.72 Å². The predicted molar refractivity (Wildman–Crippen MR) is 99.2 cm³/mol. The summed E-state index contributed by atoms with van der Waals surface area (Å²) < 4.78 is 27.1. The molecule has 0 aliphatic rings. The smallest absolute Gasteiger partial charge is 0.241 e. The second kappa shape index (κ2) is 8.19. The van der Waals surface area contributed by atoms with Crippen LogP contribution in [0.2, 0.25) is 10.0 Å². The third kappa shape index (κ3) is 5.44. The van der Waals surface area contributed by atoms with Crippen LogP contribution in [0.25, 0.3) is 0 Å². The number of amides is 1. The molecule has 0 aliphatic heterocycles. The minimum absolute atomic E-state index is 0.0527. The number of halogens is 2. The van der Waals surface area contributed by atoms with Crippen LogP contribution in [0.1, 0.15) is 12.5 Å². The molecule has 0 heterocycles. The molecule has 2 aromatic rings. The van der Waals surface area contributed by atoms with Crippen LogP contribution in [-0.2, 0) is 21.4 Å². The van der Waals surface area contributed by atoms with Gasteiger partial charge in [-0.3, -0.25) is 4.79 Å². The van der Waals surface area contributed by atoms with E-state index >= 15 is 0 Å². The van der Waals surface area contributed by atoms with Gasteiger partial charge in [-0.15, -0.1) is 0 Å². The van der Waals surface area contributed by atoms with E-state index < -0.39 is 16.1 Å². The second-order valence-corrected chi connectivity index (χ2v) is 8.20. The van der Waals surface area contributed by atoms with E-state index in [0.717, 1.165) is 5.56 Å². The number of likely N-dealkylation sites (N-methyl/N-ethyl adjacent to an activating group) is 1. The molecule has 134 valence electrons. The summed E-state index contributed by atoms with van der Waals surface area (Å²) in [5, 5.41) is 1.05. The summed E-state index contributed by atoms with van der Waals surface area (Å²) in [6.07, 6.45) is 0. The van der Waals surface area contributed by atoms with Crippen LogP contribution in [0.4, 0.5) is 0 Å². The van der Waals surface area contributed by atoms with Crippen LogP contribution in [0, 0.1) is 0 Å². The fraction of sp³-hybridized carbons (Fsp3) is 0.235. The zero-order valence-corrected chi connectivity index (χ0v) is 16.1. The minimum Gasteiger partial charge on any atom is -0.340 e. The summed E-state index contributed by atoms with van der Waals surface area (Å²) in [6, 6.07) is 11.9. The monoisotopic (exact) mass is 400 g/mol. The first kappa shape index (κ1) is 19.7. The predicted octanol–water partition coefficient (Wildman–Crippen LogP) is 3.32. The maximum atomic E-state index is 12.4. The number of nitrogens with zero attached hydrogens (tertiary/aromatic N) is 1. The zero-order valence-electron chi connectivity index (χ0n) is 13.7. The number of nitrogens with one attached hydrogen (secondary N) is 1. The standard InChI is InChI=1S/C17H18Cl2N2O3S/c1-12(20-25(23,24)16-9-7-15(19)8-10-16)17(22)21(2)11-13-3-5-14(18)6-4-13/h3-10,12,20H,11H2,1-2H3. The number of hydrogen-bond donors (Lipinski definition) is 1. The molecule has 2 rings (SSSR count). The fourth-order valence-electron chi connectivity index (χ4n) is 2.24. The molecule has 0 saturated heterocycles. The molecule has 1 unspecified atom stereocenters. The van der Waals surface area contributed by atoms with Gasteiger partial charge in [0.05, 0.1) is 10.9 Å². The number of rotatable bonds is 6. The fourth-order valence-corrected chi connectivity index (χ4v) is 3.69. The van der Waals surface area contributed by atoms with Crippen molar-refractivity contribution in [3.63, 3.8) is 0 Å². The molecule has 0 radical (unpaired) electrons. The Labute approximate surface area is 157 Å². The molecule has 0 aliphatic carbocycles. The molecule has 0 saturated carbocycles. The first-order chi connectivity index (χ1) is 11.7. The molecule has 1 atom stereocenters. The summed E-state index contributed by atoms with van der Waals surface area (Å²) in [5.74, 6) is -0.340. The average Bonchev–Trinajstić information content (AvgIpc) is 2.56. The Hall–Kier alpha value is -1.60. The van der Waals surface area contributed by atoms with Gasteiger partial charge in [-0.25, -0.2) is 8.42 Å². The lowest BCUT2D eigenvalue weighted by Crippen LogP contribution is -2.45. The van der Waals surface area contributed by atoms with Gasteiger partial charge < -0.3 is 4.90 Å². The van der Waals surface area contributed by atoms with E-state index in [1.54, 1.807) is 19.2 Å². The van der Waals surface area contributed by atoms with E-state index in [9.17, 15) is 13.2 Å². The Balaban J connectivity index is 2.03. The van der Waals surface area contributed by atoms with E-state index in [4.69, 9.17) is 23.2 Å². The molecule has 8 heteroatoms. The first-order valence-electron chi connectivity index (χ1n) is 7.46. The van der Waals surface area contributed by atoms with Crippen molar-refractivity contribution in [2.75, 3.05) is 7.05 Å². The van der Waals surface area contributed by atoms with E-state index in [1.165, 1.54) is 36.1 Å². The molecule has 2 aromatic carbocycles. The maximum absolute atomic E-state index is 12.4. The van der Waals surface area contributed by atoms with Crippen molar-refractivity contribution in [3.05, 3.63) is 64.1 Å². The van der Waals surface area contributed by atoms with Crippen LogP contribution in [0.15, 0.2) is 53.4 Å². The van der Waals surface area contributed by atoms with Crippen LogP contribution in [-0.4, -0.2) is 32.3 Å². The molecular weight excluding hydrogens is 383 g/mol. The third-order valence-electron chi connectivity index (χ3n) is 3.54. The van der Waals surface area contributed by atoms with Crippen LogP contribution < -0.4 is 4.72 Å². The quantitative estimate of drug-likeness (QED) is 0.808. The molecule has 25 heavy (non-hydrogen) atoms. The van der Waals surface area contributed by atoms with Crippen LogP contribution >= 0.6 is 23.2 Å². The van der Waals surface area contributed by atoms with Crippen molar-refractivity contribution in [2.24, 2.45) is 0 Å². The van der Waals surface area contributed by atoms with Gasteiger partial charge in [0, 0.05) is 23.6 Å². The van der Waals surface area contributed by atoms with E-state index in [2.05, 4.69) is 4.72 Å². The molecule has 0 spiro atoms. The van der Waals surface area contributed by atoms with Gasteiger partial charge in [0.1, 0.15) is 0 Å².